The number of nitrogens with zero attached hydrogens (tertiary/aromatic N) is 2. The van der Waals surface area contributed by atoms with Gasteiger partial charge in [-0.1, -0.05) is 35.9 Å². The molecule has 6 nitrogen and oxygen atoms in total. The molecule has 0 N–H and O–H groups in total. The fraction of sp³-hybridized carbons (Fsp3) is 0.357. The summed E-state index contributed by atoms with van der Waals surface area (Å²) in [5, 5.41) is 1.97. The Bertz CT molecular complexity index is 1310. The van der Waals surface area contributed by atoms with Crippen LogP contribution in [0.3, 0.4) is 0 Å². The molecule has 2 aromatic rings. The predicted octanol–water partition coefficient (Wildman–Crippen LogP) is 4.77. The van der Waals surface area contributed by atoms with Crippen molar-refractivity contribution in [3.63, 3.8) is 0 Å². The molecule has 3 amide bonds. The van der Waals surface area contributed by atoms with Crippen LogP contribution < -0.4 is 0 Å². The third-order valence-electron chi connectivity index (χ3n) is 8.28. The second-order valence-corrected chi connectivity index (χ2v) is 10.9. The number of amides is 3. The lowest BCUT2D eigenvalue weighted by molar-refractivity contribution is -0.157. The molecule has 2 aromatic carbocycles. The number of allylic oxidation sites excluding steroid dienone is 2. The van der Waals surface area contributed by atoms with E-state index in [1.54, 1.807) is 12.1 Å². The van der Waals surface area contributed by atoms with E-state index in [2.05, 4.69) is 0 Å². The molecule has 7 rings (SSSR count). The molecule has 7 atom stereocenters. The van der Waals surface area contributed by atoms with Crippen LogP contribution in [0.1, 0.15) is 33.6 Å². The Balaban J connectivity index is 1.45. The Morgan fingerprint density at radius 3 is 2.14 bits per heavy atom. The van der Waals surface area contributed by atoms with Crippen molar-refractivity contribution in [1.82, 2.24) is 10.0 Å². The number of hydrogen-bond acceptors (Lipinski definition) is 4. The van der Waals surface area contributed by atoms with E-state index in [0.717, 1.165) is 28.6 Å². The molecule has 1 aliphatic heterocycles. The van der Waals surface area contributed by atoms with Gasteiger partial charge in [0.05, 0.1) is 22.4 Å². The Hall–Kier alpha value is -3.03. The van der Waals surface area contributed by atoms with Gasteiger partial charge < -0.3 is 0 Å². The fourth-order valence-corrected chi connectivity index (χ4v) is 6.98. The first-order valence-corrected chi connectivity index (χ1v) is 13.2. The van der Waals surface area contributed by atoms with Crippen LogP contribution in [0.2, 0.25) is 5.02 Å². The lowest BCUT2D eigenvalue weighted by Crippen LogP contribution is -2.57. The van der Waals surface area contributed by atoms with E-state index in [1.807, 2.05) is 12.2 Å². The summed E-state index contributed by atoms with van der Waals surface area (Å²) in [6.07, 6.45) is 5.04. The van der Waals surface area contributed by atoms with E-state index in [-0.39, 0.29) is 40.3 Å². The minimum atomic E-state index is -1.28. The van der Waals surface area contributed by atoms with Crippen LogP contribution in [-0.4, -0.2) is 45.4 Å². The van der Waals surface area contributed by atoms with Crippen molar-refractivity contribution in [3.05, 3.63) is 82.6 Å². The summed E-state index contributed by atoms with van der Waals surface area (Å²) in [6.45, 7) is 0. The number of carbonyl (C=O) groups is 4. The first kappa shape index (κ1) is 24.3. The second-order valence-electron chi connectivity index (χ2n) is 10.1. The number of rotatable bonds is 7. The average molecular weight is 541 g/mol. The van der Waals surface area contributed by atoms with Crippen LogP contribution in [0.4, 0.5) is 4.39 Å². The quantitative estimate of drug-likeness (QED) is 0.219. The molecule has 0 spiro atoms. The average Bonchev–Trinajstić information content (AvgIpc) is 3.68. The van der Waals surface area contributed by atoms with Gasteiger partial charge in [-0.2, -0.15) is 5.01 Å². The molecule has 2 bridgehead atoms. The van der Waals surface area contributed by atoms with Crippen molar-refractivity contribution in [2.45, 2.75) is 18.9 Å². The molecular weight excluding hydrogens is 518 g/mol. The third kappa shape index (κ3) is 3.74. The molecule has 1 saturated heterocycles. The molecule has 9 heteroatoms. The van der Waals surface area contributed by atoms with Crippen LogP contribution in [0.25, 0.3) is 0 Å². The summed E-state index contributed by atoms with van der Waals surface area (Å²) in [7, 11) is 0. The summed E-state index contributed by atoms with van der Waals surface area (Å²) in [6, 6.07) is 9.89. The number of alkyl halides is 1. The number of carbonyl (C=O) groups excluding carboxylic acids is 4. The normalized spacial score (nSPS) is 29.6. The van der Waals surface area contributed by atoms with Gasteiger partial charge in [-0.3, -0.25) is 19.2 Å². The monoisotopic (exact) mass is 540 g/mol. The number of Topliss-reactive ketones (excluding diaryl/α,β-unsaturated/α-hetero) is 1. The second kappa shape index (κ2) is 9.07. The van der Waals surface area contributed by atoms with Crippen molar-refractivity contribution in [2.75, 3.05) is 5.88 Å². The maximum absolute atomic E-state index is 14.0. The molecule has 0 unspecified atom stereocenters. The summed E-state index contributed by atoms with van der Waals surface area (Å²) in [5.41, 5.74) is 0.183. The van der Waals surface area contributed by atoms with E-state index in [1.165, 1.54) is 24.3 Å². The van der Waals surface area contributed by atoms with E-state index in [9.17, 15) is 23.6 Å². The maximum atomic E-state index is 14.0. The van der Waals surface area contributed by atoms with Gasteiger partial charge in [-0.25, -0.2) is 9.40 Å². The molecule has 3 fully saturated rings. The van der Waals surface area contributed by atoms with Crippen molar-refractivity contribution < 1.29 is 23.6 Å². The van der Waals surface area contributed by atoms with Crippen LogP contribution in [0, 0.1) is 41.3 Å². The summed E-state index contributed by atoms with van der Waals surface area (Å²) >= 11 is 12.4. The van der Waals surface area contributed by atoms with E-state index < -0.39 is 47.2 Å². The first-order valence-electron chi connectivity index (χ1n) is 12.3. The van der Waals surface area contributed by atoms with E-state index in [0.29, 0.717) is 11.8 Å². The smallest absolute Gasteiger partial charge is 0.275 e. The zero-order valence-electron chi connectivity index (χ0n) is 19.6. The third-order valence-corrected chi connectivity index (χ3v) is 8.82. The minimum Gasteiger partial charge on any atom is -0.292 e. The molecule has 0 aromatic heterocycles. The summed E-state index contributed by atoms with van der Waals surface area (Å²) in [4.78, 5) is 55.6. The highest BCUT2D eigenvalue weighted by molar-refractivity contribution is 6.34. The molecule has 0 radical (unpaired) electrons. The Morgan fingerprint density at radius 1 is 0.973 bits per heavy atom. The highest BCUT2D eigenvalue weighted by Gasteiger charge is 2.68. The van der Waals surface area contributed by atoms with Crippen molar-refractivity contribution in [2.24, 2.45) is 35.5 Å². The van der Waals surface area contributed by atoms with Gasteiger partial charge in [0.15, 0.2) is 5.78 Å². The van der Waals surface area contributed by atoms with Gasteiger partial charge in [-0.05, 0) is 72.9 Å². The first-order chi connectivity index (χ1) is 17.8. The molecular formula is C28H23Cl2FN2O4. The minimum absolute atomic E-state index is 0.0239. The molecule has 190 valence electrons. The van der Waals surface area contributed by atoms with Gasteiger partial charge in [-0.15, -0.1) is 11.6 Å². The van der Waals surface area contributed by atoms with E-state index >= 15 is 0 Å². The van der Waals surface area contributed by atoms with Gasteiger partial charge in [0.1, 0.15) is 11.9 Å². The molecule has 37 heavy (non-hydrogen) atoms. The van der Waals surface area contributed by atoms with Gasteiger partial charge in [0, 0.05) is 11.4 Å². The predicted molar refractivity (Wildman–Crippen MR) is 134 cm³/mol. The largest absolute Gasteiger partial charge is 0.292 e. The highest BCUT2D eigenvalue weighted by Crippen LogP contribution is 2.65. The fourth-order valence-electron chi connectivity index (χ4n) is 6.56. The molecule has 4 aliphatic carbocycles. The van der Waals surface area contributed by atoms with E-state index in [4.69, 9.17) is 23.2 Å². The topological polar surface area (TPSA) is 74.8 Å². The Morgan fingerprint density at radius 2 is 1.57 bits per heavy atom. The molecule has 1 heterocycles. The van der Waals surface area contributed by atoms with Gasteiger partial charge in [0.2, 0.25) is 0 Å². The van der Waals surface area contributed by atoms with Gasteiger partial charge in [0.25, 0.3) is 17.7 Å². The highest BCUT2D eigenvalue weighted by atomic mass is 35.5. The summed E-state index contributed by atoms with van der Waals surface area (Å²) in [5.74, 6) is -3.30. The maximum Gasteiger partial charge on any atom is 0.275 e. The number of benzene rings is 2. The number of imide groups is 1. The van der Waals surface area contributed by atoms with Crippen LogP contribution in [0.15, 0.2) is 60.7 Å². The van der Waals surface area contributed by atoms with Gasteiger partial charge >= 0.3 is 0 Å². The lowest BCUT2D eigenvalue weighted by atomic mass is 9.63. The van der Waals surface area contributed by atoms with Crippen LogP contribution in [0.5, 0.6) is 0 Å². The van der Waals surface area contributed by atoms with Crippen molar-refractivity contribution in [3.8, 4) is 0 Å². The van der Waals surface area contributed by atoms with Crippen molar-refractivity contribution in [1.29, 1.82) is 0 Å². The standard InChI is InChI=1S/C28H23Cl2FN2O4/c29-12-11-22(25(34)14-5-7-15(31)8-6-14)32(26(35)18-3-1-2-4-21(18)30)33-27(36)23-16-9-10-17(20-13-19(16)20)24(23)28(33)37/h1-10,16-17,19-20,22-24H,11-13H2/t16-,17-,19-,20+,22-,23+,24+/m0/s1. The zero-order chi connectivity index (χ0) is 26.0. The SMILES string of the molecule is O=C(c1ccc(F)cc1)[C@H](CCCl)N(C(=O)c1ccccc1Cl)N1C(=O)[C@@H]2[C@H]3C=C[C@@H]([C@@H]4C[C@H]34)[C@H]2C1=O. The van der Waals surface area contributed by atoms with Crippen LogP contribution >= 0.6 is 23.2 Å². The zero-order valence-corrected chi connectivity index (χ0v) is 21.1. The number of hydrogen-bond donors (Lipinski definition) is 0. The molecule has 2 saturated carbocycles. The lowest BCUT2D eigenvalue weighted by Gasteiger charge is -2.37. The number of halogens is 3. The molecule has 5 aliphatic rings. The summed E-state index contributed by atoms with van der Waals surface area (Å²) < 4.78 is 13.6. The Kier molecular flexibility index (Phi) is 5.96. The Labute approximate surface area is 223 Å². The van der Waals surface area contributed by atoms with Crippen molar-refractivity contribution >= 4 is 46.7 Å². The number of hydrazine groups is 1. The van der Waals surface area contributed by atoms with Crippen LogP contribution in [-0.2, 0) is 9.59 Å². The number of ketones is 1.